The number of nitrogens with zero attached hydrogens (tertiary/aromatic N) is 2. The van der Waals surface area contributed by atoms with Crippen LogP contribution >= 0.6 is 15.9 Å². The normalized spacial score (nSPS) is 11.2. The van der Waals surface area contributed by atoms with Crippen LogP contribution in [0.25, 0.3) is 10.8 Å². The van der Waals surface area contributed by atoms with Gasteiger partial charge in [0.25, 0.3) is 5.56 Å². The van der Waals surface area contributed by atoms with E-state index in [0.29, 0.717) is 9.99 Å². The monoisotopic (exact) mass is 266 g/mol. The Labute approximate surface area is 95.9 Å². The molecule has 2 aromatic rings. The van der Waals surface area contributed by atoms with Crippen molar-refractivity contribution in [1.29, 1.82) is 0 Å². The minimum Gasteiger partial charge on any atom is -0.267 e. The fourth-order valence-corrected chi connectivity index (χ4v) is 2.03. The molecule has 0 N–H and O–H groups in total. The van der Waals surface area contributed by atoms with Crippen molar-refractivity contribution in [2.75, 3.05) is 0 Å². The van der Waals surface area contributed by atoms with E-state index in [1.807, 2.05) is 38.1 Å². The van der Waals surface area contributed by atoms with Gasteiger partial charge in [0.1, 0.15) is 4.60 Å². The summed E-state index contributed by atoms with van der Waals surface area (Å²) in [6.45, 7) is 3.88. The molecule has 4 heteroatoms. The summed E-state index contributed by atoms with van der Waals surface area (Å²) in [7, 11) is 0. The van der Waals surface area contributed by atoms with Crippen LogP contribution in [-0.2, 0) is 0 Å². The Hall–Kier alpha value is -1.16. The molecule has 0 aliphatic carbocycles. The molecule has 78 valence electrons. The summed E-state index contributed by atoms with van der Waals surface area (Å²) in [5.74, 6) is 0. The summed E-state index contributed by atoms with van der Waals surface area (Å²) in [6, 6.07) is 7.54. The molecular weight excluding hydrogens is 256 g/mol. The van der Waals surface area contributed by atoms with Crippen molar-refractivity contribution in [2.24, 2.45) is 0 Å². The number of halogens is 1. The Kier molecular flexibility index (Phi) is 2.61. The van der Waals surface area contributed by atoms with E-state index < -0.39 is 0 Å². The Bertz CT molecular complexity index is 560. The van der Waals surface area contributed by atoms with Gasteiger partial charge in [0.2, 0.25) is 0 Å². The van der Waals surface area contributed by atoms with Crippen LogP contribution < -0.4 is 5.56 Å². The van der Waals surface area contributed by atoms with E-state index >= 15 is 0 Å². The lowest BCUT2D eigenvalue weighted by Gasteiger charge is -2.10. The molecule has 0 unspecified atom stereocenters. The van der Waals surface area contributed by atoms with Gasteiger partial charge in [-0.25, -0.2) is 4.68 Å². The average Bonchev–Trinajstić information content (AvgIpc) is 2.23. The number of hydrogen-bond donors (Lipinski definition) is 0. The smallest absolute Gasteiger partial charge is 0.267 e. The minimum absolute atomic E-state index is 0.0381. The third-order valence-electron chi connectivity index (χ3n) is 2.27. The van der Waals surface area contributed by atoms with Crippen molar-refractivity contribution in [3.05, 3.63) is 39.2 Å². The molecule has 0 radical (unpaired) electrons. The van der Waals surface area contributed by atoms with Crippen LogP contribution in [0.2, 0.25) is 0 Å². The van der Waals surface area contributed by atoms with Gasteiger partial charge < -0.3 is 0 Å². The topological polar surface area (TPSA) is 34.9 Å². The lowest BCUT2D eigenvalue weighted by molar-refractivity contribution is 0.503. The second kappa shape index (κ2) is 3.77. The van der Waals surface area contributed by atoms with Gasteiger partial charge in [-0.2, -0.15) is 5.10 Å². The summed E-state index contributed by atoms with van der Waals surface area (Å²) in [5.41, 5.74) is -0.0381. The quantitative estimate of drug-likeness (QED) is 0.796. The average molecular weight is 267 g/mol. The predicted molar refractivity (Wildman–Crippen MR) is 64.1 cm³/mol. The zero-order valence-corrected chi connectivity index (χ0v) is 10.2. The van der Waals surface area contributed by atoms with Crippen molar-refractivity contribution in [2.45, 2.75) is 19.9 Å². The molecule has 1 aromatic carbocycles. The highest BCUT2D eigenvalue weighted by Gasteiger charge is 2.09. The van der Waals surface area contributed by atoms with Gasteiger partial charge in [-0.05, 0) is 35.8 Å². The van der Waals surface area contributed by atoms with Gasteiger partial charge >= 0.3 is 0 Å². The van der Waals surface area contributed by atoms with E-state index in [1.165, 1.54) is 4.68 Å². The molecule has 0 amide bonds. The molecule has 15 heavy (non-hydrogen) atoms. The third-order valence-corrected chi connectivity index (χ3v) is 2.86. The molecule has 0 aliphatic rings. The fourth-order valence-electron chi connectivity index (χ4n) is 1.52. The number of hydrogen-bond acceptors (Lipinski definition) is 2. The fraction of sp³-hybridized carbons (Fsp3) is 0.273. The van der Waals surface area contributed by atoms with Crippen LogP contribution in [-0.4, -0.2) is 9.78 Å². The maximum atomic E-state index is 12.0. The Morgan fingerprint density at radius 2 is 1.87 bits per heavy atom. The summed E-state index contributed by atoms with van der Waals surface area (Å²) in [5, 5.41) is 5.78. The highest BCUT2D eigenvalue weighted by atomic mass is 79.9. The number of fused-ring (bicyclic) bond motifs is 1. The number of benzene rings is 1. The first-order chi connectivity index (χ1) is 7.11. The van der Waals surface area contributed by atoms with E-state index in [9.17, 15) is 4.79 Å². The van der Waals surface area contributed by atoms with Crippen LogP contribution in [0, 0.1) is 0 Å². The summed E-state index contributed by atoms with van der Waals surface area (Å²) >= 11 is 3.38. The predicted octanol–water partition coefficient (Wildman–Crippen LogP) is 2.74. The van der Waals surface area contributed by atoms with E-state index in [2.05, 4.69) is 21.0 Å². The molecule has 0 bridgehead atoms. The van der Waals surface area contributed by atoms with Gasteiger partial charge in [-0.1, -0.05) is 18.2 Å². The van der Waals surface area contributed by atoms with Gasteiger partial charge in [-0.15, -0.1) is 0 Å². The van der Waals surface area contributed by atoms with Gasteiger partial charge in [-0.3, -0.25) is 4.79 Å². The third kappa shape index (κ3) is 1.69. The number of aromatic nitrogens is 2. The molecule has 0 fully saturated rings. The molecular formula is C11H11BrN2O. The first-order valence-corrected chi connectivity index (χ1v) is 5.57. The molecule has 0 aliphatic heterocycles. The Morgan fingerprint density at radius 3 is 2.47 bits per heavy atom. The summed E-state index contributed by atoms with van der Waals surface area (Å²) in [6.07, 6.45) is 0. The second-order valence-electron chi connectivity index (χ2n) is 3.68. The summed E-state index contributed by atoms with van der Waals surface area (Å²) in [4.78, 5) is 12.0. The highest BCUT2D eigenvalue weighted by molar-refractivity contribution is 9.10. The van der Waals surface area contributed by atoms with Gasteiger partial charge in [0.15, 0.2) is 0 Å². The maximum absolute atomic E-state index is 12.0. The SMILES string of the molecule is CC(C)n1nc(Br)c2ccccc2c1=O. The van der Waals surface area contributed by atoms with E-state index in [4.69, 9.17) is 0 Å². The summed E-state index contributed by atoms with van der Waals surface area (Å²) < 4.78 is 2.21. The van der Waals surface area contributed by atoms with Crippen molar-refractivity contribution in [3.8, 4) is 0 Å². The van der Waals surface area contributed by atoms with Crippen molar-refractivity contribution in [3.63, 3.8) is 0 Å². The molecule has 1 aromatic heterocycles. The van der Waals surface area contributed by atoms with Gasteiger partial charge in [0.05, 0.1) is 11.4 Å². The molecule has 0 atom stereocenters. The van der Waals surface area contributed by atoms with Crippen LogP contribution in [0.4, 0.5) is 0 Å². The van der Waals surface area contributed by atoms with Gasteiger partial charge in [0, 0.05) is 5.39 Å². The molecule has 1 heterocycles. The second-order valence-corrected chi connectivity index (χ2v) is 4.43. The van der Waals surface area contributed by atoms with E-state index in [1.54, 1.807) is 0 Å². The van der Waals surface area contributed by atoms with Crippen molar-refractivity contribution >= 4 is 26.7 Å². The maximum Gasteiger partial charge on any atom is 0.274 e. The lowest BCUT2D eigenvalue weighted by Crippen LogP contribution is -2.24. The zero-order chi connectivity index (χ0) is 11.0. The van der Waals surface area contributed by atoms with E-state index in [0.717, 1.165) is 5.39 Å². The molecule has 0 spiro atoms. The Balaban J connectivity index is 2.91. The number of rotatable bonds is 1. The zero-order valence-electron chi connectivity index (χ0n) is 8.57. The first kappa shape index (κ1) is 10.4. The van der Waals surface area contributed by atoms with Crippen molar-refractivity contribution < 1.29 is 0 Å². The first-order valence-electron chi connectivity index (χ1n) is 4.78. The molecule has 0 saturated heterocycles. The minimum atomic E-state index is -0.0381. The largest absolute Gasteiger partial charge is 0.274 e. The van der Waals surface area contributed by atoms with E-state index in [-0.39, 0.29) is 11.6 Å². The van der Waals surface area contributed by atoms with Crippen LogP contribution in [0.1, 0.15) is 19.9 Å². The molecule has 0 saturated carbocycles. The van der Waals surface area contributed by atoms with Crippen LogP contribution in [0.3, 0.4) is 0 Å². The Morgan fingerprint density at radius 1 is 1.27 bits per heavy atom. The standard InChI is InChI=1S/C11H11BrN2O/c1-7(2)14-11(15)9-6-4-3-5-8(9)10(12)13-14/h3-7H,1-2H3. The lowest BCUT2D eigenvalue weighted by atomic mass is 10.2. The molecule has 2 rings (SSSR count). The van der Waals surface area contributed by atoms with Crippen molar-refractivity contribution in [1.82, 2.24) is 9.78 Å². The van der Waals surface area contributed by atoms with Crippen LogP contribution in [0.15, 0.2) is 33.7 Å². The highest BCUT2D eigenvalue weighted by Crippen LogP contribution is 2.18. The molecule has 3 nitrogen and oxygen atoms in total. The van der Waals surface area contributed by atoms with Crippen LogP contribution in [0.5, 0.6) is 0 Å².